The minimum atomic E-state index is 0.0708. The summed E-state index contributed by atoms with van der Waals surface area (Å²) < 4.78 is 5.78. The smallest absolute Gasteiger partial charge is 0.123 e. The molecular formula is C17H20ClNOS. The number of halogens is 1. The van der Waals surface area contributed by atoms with Gasteiger partial charge >= 0.3 is 0 Å². The Morgan fingerprint density at radius 3 is 2.86 bits per heavy atom. The van der Waals surface area contributed by atoms with Gasteiger partial charge in [-0.15, -0.1) is 11.3 Å². The second-order valence-corrected chi connectivity index (χ2v) is 7.41. The lowest BCUT2D eigenvalue weighted by Crippen LogP contribution is -2.22. The standard InChI is InChI=1S/C17H20ClNOS/c1-4-19-15(16-13(18)7-8-21-16)11-5-6-14-12(9-11)17(2,3)10-20-14/h5-9,15,19H,4,10H2,1-3H3. The Balaban J connectivity index is 2.04. The Labute approximate surface area is 135 Å². The molecule has 2 nitrogen and oxygen atoms in total. The number of thiophene rings is 1. The van der Waals surface area contributed by atoms with Crippen LogP contribution in [0, 0.1) is 0 Å². The predicted octanol–water partition coefficient (Wildman–Crippen LogP) is 4.77. The molecule has 0 amide bonds. The molecular weight excluding hydrogens is 302 g/mol. The summed E-state index contributed by atoms with van der Waals surface area (Å²) in [7, 11) is 0. The number of nitrogens with one attached hydrogen (secondary N) is 1. The molecule has 21 heavy (non-hydrogen) atoms. The van der Waals surface area contributed by atoms with Crippen molar-refractivity contribution in [1.29, 1.82) is 0 Å². The quantitative estimate of drug-likeness (QED) is 0.875. The zero-order valence-electron chi connectivity index (χ0n) is 12.6. The predicted molar refractivity (Wildman–Crippen MR) is 89.8 cm³/mol. The van der Waals surface area contributed by atoms with E-state index in [4.69, 9.17) is 16.3 Å². The fourth-order valence-corrected chi connectivity index (χ4v) is 4.06. The zero-order valence-corrected chi connectivity index (χ0v) is 14.1. The van der Waals surface area contributed by atoms with Gasteiger partial charge < -0.3 is 10.1 Å². The summed E-state index contributed by atoms with van der Waals surface area (Å²) in [5.41, 5.74) is 2.61. The number of benzene rings is 1. The normalized spacial score (nSPS) is 17.3. The zero-order chi connectivity index (χ0) is 15.0. The summed E-state index contributed by atoms with van der Waals surface area (Å²) in [4.78, 5) is 1.18. The molecule has 2 aromatic rings. The molecule has 0 saturated carbocycles. The Hall–Kier alpha value is -1.03. The lowest BCUT2D eigenvalue weighted by atomic mass is 9.85. The number of rotatable bonds is 4. The molecule has 1 N–H and O–H groups in total. The maximum Gasteiger partial charge on any atom is 0.123 e. The lowest BCUT2D eigenvalue weighted by Gasteiger charge is -2.21. The van der Waals surface area contributed by atoms with Gasteiger partial charge in [0.05, 0.1) is 17.7 Å². The lowest BCUT2D eigenvalue weighted by molar-refractivity contribution is 0.291. The fourth-order valence-electron chi connectivity index (χ4n) is 2.80. The van der Waals surface area contributed by atoms with Gasteiger partial charge in [-0.3, -0.25) is 0 Å². The highest BCUT2D eigenvalue weighted by molar-refractivity contribution is 7.10. The van der Waals surface area contributed by atoms with Gasteiger partial charge in [0.1, 0.15) is 5.75 Å². The number of ether oxygens (including phenoxy) is 1. The Bertz CT molecular complexity index is 650. The first kappa shape index (κ1) is 14.9. The minimum Gasteiger partial charge on any atom is -0.492 e. The Kier molecular flexibility index (Phi) is 4.00. The Morgan fingerprint density at radius 1 is 1.38 bits per heavy atom. The highest BCUT2D eigenvalue weighted by Crippen LogP contribution is 2.41. The summed E-state index contributed by atoms with van der Waals surface area (Å²) in [5.74, 6) is 1.01. The first-order valence-corrected chi connectivity index (χ1v) is 8.52. The molecule has 1 aromatic heterocycles. The molecule has 1 aromatic carbocycles. The van der Waals surface area contributed by atoms with Crippen LogP contribution in [0.15, 0.2) is 29.6 Å². The van der Waals surface area contributed by atoms with E-state index >= 15 is 0 Å². The molecule has 112 valence electrons. The van der Waals surface area contributed by atoms with Crippen LogP contribution in [0.2, 0.25) is 5.02 Å². The molecule has 3 rings (SSSR count). The molecule has 1 aliphatic rings. The molecule has 4 heteroatoms. The van der Waals surface area contributed by atoms with Crippen LogP contribution in [0.3, 0.4) is 0 Å². The third kappa shape index (κ3) is 2.70. The van der Waals surface area contributed by atoms with Crippen molar-refractivity contribution in [2.24, 2.45) is 0 Å². The van der Waals surface area contributed by atoms with E-state index in [2.05, 4.69) is 44.3 Å². The van der Waals surface area contributed by atoms with E-state index in [0.29, 0.717) is 0 Å². The molecule has 0 bridgehead atoms. The average Bonchev–Trinajstić information content (AvgIpc) is 3.00. The van der Waals surface area contributed by atoms with Crippen molar-refractivity contribution in [3.8, 4) is 5.75 Å². The van der Waals surface area contributed by atoms with E-state index in [1.165, 1.54) is 16.0 Å². The molecule has 1 aliphatic heterocycles. The molecule has 0 spiro atoms. The second kappa shape index (κ2) is 5.64. The van der Waals surface area contributed by atoms with Gasteiger partial charge in [-0.05, 0) is 35.7 Å². The maximum absolute atomic E-state index is 6.34. The van der Waals surface area contributed by atoms with Crippen molar-refractivity contribution in [3.63, 3.8) is 0 Å². The van der Waals surface area contributed by atoms with Crippen LogP contribution in [0.1, 0.15) is 42.8 Å². The average molecular weight is 322 g/mol. The number of hydrogen-bond donors (Lipinski definition) is 1. The summed E-state index contributed by atoms with van der Waals surface area (Å²) in [5, 5.41) is 6.43. The van der Waals surface area contributed by atoms with Crippen LogP contribution >= 0.6 is 22.9 Å². The van der Waals surface area contributed by atoms with Gasteiger partial charge in [0.25, 0.3) is 0 Å². The van der Waals surface area contributed by atoms with Crippen molar-refractivity contribution < 1.29 is 4.74 Å². The molecule has 1 atom stereocenters. The summed E-state index contributed by atoms with van der Waals surface area (Å²) >= 11 is 8.04. The first-order valence-electron chi connectivity index (χ1n) is 7.26. The van der Waals surface area contributed by atoms with Gasteiger partial charge in [-0.2, -0.15) is 0 Å². The van der Waals surface area contributed by atoms with Crippen molar-refractivity contribution in [3.05, 3.63) is 50.7 Å². The fraction of sp³-hybridized carbons (Fsp3) is 0.412. The van der Waals surface area contributed by atoms with Crippen molar-refractivity contribution >= 4 is 22.9 Å². The maximum atomic E-state index is 6.34. The van der Waals surface area contributed by atoms with Gasteiger partial charge in [0, 0.05) is 15.9 Å². The summed E-state index contributed by atoms with van der Waals surface area (Å²) in [6, 6.07) is 8.61. The van der Waals surface area contributed by atoms with E-state index in [-0.39, 0.29) is 11.5 Å². The minimum absolute atomic E-state index is 0.0708. The van der Waals surface area contributed by atoms with E-state index in [0.717, 1.165) is 23.9 Å². The van der Waals surface area contributed by atoms with Gasteiger partial charge in [-0.1, -0.05) is 38.4 Å². The third-order valence-corrected chi connectivity index (χ3v) is 5.39. The third-order valence-electron chi connectivity index (χ3n) is 3.97. The van der Waals surface area contributed by atoms with Crippen LogP contribution in [0.25, 0.3) is 0 Å². The number of hydrogen-bond acceptors (Lipinski definition) is 3. The molecule has 0 fully saturated rings. The van der Waals surface area contributed by atoms with Crippen LogP contribution in [0.4, 0.5) is 0 Å². The van der Waals surface area contributed by atoms with Gasteiger partial charge in [-0.25, -0.2) is 0 Å². The molecule has 1 unspecified atom stereocenters. The van der Waals surface area contributed by atoms with Gasteiger partial charge in [0.2, 0.25) is 0 Å². The van der Waals surface area contributed by atoms with Crippen molar-refractivity contribution in [1.82, 2.24) is 5.32 Å². The molecule has 0 radical (unpaired) electrons. The molecule has 2 heterocycles. The molecule has 0 aliphatic carbocycles. The highest BCUT2D eigenvalue weighted by atomic mass is 35.5. The first-order chi connectivity index (χ1) is 10.0. The number of fused-ring (bicyclic) bond motifs is 1. The van der Waals surface area contributed by atoms with Crippen molar-refractivity contribution in [2.45, 2.75) is 32.2 Å². The van der Waals surface area contributed by atoms with Crippen LogP contribution in [0.5, 0.6) is 5.75 Å². The van der Waals surface area contributed by atoms with E-state index < -0.39 is 0 Å². The summed E-state index contributed by atoms with van der Waals surface area (Å²) in [6.45, 7) is 8.22. The summed E-state index contributed by atoms with van der Waals surface area (Å²) in [6.07, 6.45) is 0. The second-order valence-electron chi connectivity index (χ2n) is 6.05. The highest BCUT2D eigenvalue weighted by Gasteiger charge is 2.32. The van der Waals surface area contributed by atoms with E-state index in [1.54, 1.807) is 11.3 Å². The topological polar surface area (TPSA) is 21.3 Å². The monoisotopic (exact) mass is 321 g/mol. The molecule has 0 saturated heterocycles. The van der Waals surface area contributed by atoms with Crippen molar-refractivity contribution in [2.75, 3.05) is 13.2 Å². The van der Waals surface area contributed by atoms with Crippen LogP contribution in [-0.4, -0.2) is 13.2 Å². The Morgan fingerprint density at radius 2 is 2.19 bits per heavy atom. The van der Waals surface area contributed by atoms with Crippen LogP contribution < -0.4 is 10.1 Å². The van der Waals surface area contributed by atoms with Gasteiger partial charge in [0.15, 0.2) is 0 Å². The van der Waals surface area contributed by atoms with E-state index in [1.807, 2.05) is 11.4 Å². The van der Waals surface area contributed by atoms with E-state index in [9.17, 15) is 0 Å². The SMILES string of the molecule is CCNC(c1ccc2c(c1)C(C)(C)CO2)c1sccc1Cl. The largest absolute Gasteiger partial charge is 0.492 e. The van der Waals surface area contributed by atoms with Crippen LogP contribution in [-0.2, 0) is 5.41 Å².